The second kappa shape index (κ2) is 6.95. The number of hydrogen-bond donors (Lipinski definition) is 1. The maximum atomic E-state index is 11.4. The summed E-state index contributed by atoms with van der Waals surface area (Å²) in [5, 5.41) is 9.89. The molecule has 1 unspecified atom stereocenters. The molecular formula is C14H19N3O4S. The molecule has 1 saturated heterocycles. The van der Waals surface area contributed by atoms with Crippen molar-refractivity contribution in [2.24, 2.45) is 5.41 Å². The third-order valence-corrected chi connectivity index (χ3v) is 4.43. The third-order valence-electron chi connectivity index (χ3n) is 3.56. The first-order valence-corrected chi connectivity index (χ1v) is 8.02. The zero-order chi connectivity index (χ0) is 16.2. The van der Waals surface area contributed by atoms with Crippen LogP contribution in [0, 0.1) is 5.41 Å². The minimum Gasteiger partial charge on any atom is -0.481 e. The zero-order valence-electron chi connectivity index (χ0n) is 12.6. The summed E-state index contributed by atoms with van der Waals surface area (Å²) in [5.41, 5.74) is -0.754. The molecule has 1 fully saturated rings. The second-order valence-electron chi connectivity index (χ2n) is 5.35. The fourth-order valence-corrected chi connectivity index (χ4v) is 2.87. The third kappa shape index (κ3) is 3.88. The van der Waals surface area contributed by atoms with Gasteiger partial charge in [-0.15, -0.1) is 0 Å². The number of hydrogen-bond acceptors (Lipinski definition) is 7. The van der Waals surface area contributed by atoms with Crippen LogP contribution in [0.3, 0.4) is 0 Å². The Hall–Kier alpha value is -1.83. The fourth-order valence-electron chi connectivity index (χ4n) is 2.23. The predicted molar refractivity (Wildman–Crippen MR) is 82.0 cm³/mol. The first kappa shape index (κ1) is 16.5. The standard InChI is InChI=1S/C14H19N3O4S/c1-3-21-12(18)8-22-11-7-15-6-10(16-11)17-5-4-14(2,9-17)13(19)20/h6-7H,3-5,8-9H2,1-2H3,(H,19,20). The normalized spacial score (nSPS) is 20.9. The first-order chi connectivity index (χ1) is 10.4. The van der Waals surface area contributed by atoms with Gasteiger partial charge in [-0.1, -0.05) is 11.8 Å². The Balaban J connectivity index is 2.00. The molecule has 1 aromatic heterocycles. The van der Waals surface area contributed by atoms with Crippen molar-refractivity contribution in [2.45, 2.75) is 25.3 Å². The Morgan fingerprint density at radius 2 is 2.27 bits per heavy atom. The molecule has 1 aliphatic heterocycles. The van der Waals surface area contributed by atoms with Crippen molar-refractivity contribution >= 4 is 29.5 Å². The van der Waals surface area contributed by atoms with Crippen molar-refractivity contribution in [1.82, 2.24) is 9.97 Å². The molecule has 0 aliphatic carbocycles. The molecule has 1 aromatic rings. The summed E-state index contributed by atoms with van der Waals surface area (Å²) in [5.74, 6) is -0.271. The van der Waals surface area contributed by atoms with Crippen molar-refractivity contribution in [2.75, 3.05) is 30.3 Å². The molecule has 2 rings (SSSR count). The number of thioether (sulfide) groups is 1. The molecule has 22 heavy (non-hydrogen) atoms. The highest BCUT2D eigenvalue weighted by Gasteiger charge is 2.41. The molecule has 2 heterocycles. The number of ether oxygens (including phenoxy) is 1. The molecule has 0 radical (unpaired) electrons. The van der Waals surface area contributed by atoms with E-state index in [-0.39, 0.29) is 11.7 Å². The van der Waals surface area contributed by atoms with E-state index in [2.05, 4.69) is 9.97 Å². The highest BCUT2D eigenvalue weighted by atomic mass is 32.2. The maximum Gasteiger partial charge on any atom is 0.316 e. The molecule has 7 nitrogen and oxygen atoms in total. The minimum atomic E-state index is -0.796. The molecule has 0 saturated carbocycles. The van der Waals surface area contributed by atoms with E-state index in [0.717, 1.165) is 0 Å². The second-order valence-corrected chi connectivity index (χ2v) is 6.34. The Morgan fingerprint density at radius 1 is 1.50 bits per heavy atom. The molecule has 120 valence electrons. The number of aromatic nitrogens is 2. The number of carbonyl (C=O) groups excluding carboxylic acids is 1. The molecule has 1 atom stereocenters. The van der Waals surface area contributed by atoms with Crippen LogP contribution in [0.5, 0.6) is 0 Å². The van der Waals surface area contributed by atoms with Gasteiger partial charge in [0, 0.05) is 13.1 Å². The Bertz CT molecular complexity index is 569. The van der Waals surface area contributed by atoms with Crippen LogP contribution >= 0.6 is 11.8 Å². The van der Waals surface area contributed by atoms with Crippen LogP contribution in [0.1, 0.15) is 20.3 Å². The van der Waals surface area contributed by atoms with E-state index in [1.54, 1.807) is 26.2 Å². The first-order valence-electron chi connectivity index (χ1n) is 7.03. The number of esters is 1. The van der Waals surface area contributed by atoms with Gasteiger partial charge in [0.25, 0.3) is 0 Å². The molecule has 0 aromatic carbocycles. The quantitative estimate of drug-likeness (QED) is 0.620. The number of aliphatic carboxylic acids is 1. The van der Waals surface area contributed by atoms with E-state index < -0.39 is 11.4 Å². The molecule has 1 N–H and O–H groups in total. The Labute approximate surface area is 133 Å². The van der Waals surface area contributed by atoms with Gasteiger partial charge in [0.15, 0.2) is 0 Å². The summed E-state index contributed by atoms with van der Waals surface area (Å²) >= 11 is 1.26. The van der Waals surface area contributed by atoms with Gasteiger partial charge >= 0.3 is 11.9 Å². The van der Waals surface area contributed by atoms with Crippen LogP contribution in [-0.2, 0) is 14.3 Å². The average molecular weight is 325 g/mol. The number of carboxylic acids is 1. The van der Waals surface area contributed by atoms with Crippen molar-refractivity contribution in [3.8, 4) is 0 Å². The van der Waals surface area contributed by atoms with E-state index in [1.807, 2.05) is 4.90 Å². The zero-order valence-corrected chi connectivity index (χ0v) is 13.4. The summed E-state index contributed by atoms with van der Waals surface area (Å²) in [7, 11) is 0. The Kier molecular flexibility index (Phi) is 5.23. The van der Waals surface area contributed by atoms with Gasteiger partial charge in [0.2, 0.25) is 0 Å². The molecule has 0 spiro atoms. The lowest BCUT2D eigenvalue weighted by molar-refractivity contribution is -0.146. The Morgan fingerprint density at radius 3 is 2.91 bits per heavy atom. The monoisotopic (exact) mass is 325 g/mol. The lowest BCUT2D eigenvalue weighted by Crippen LogP contribution is -2.32. The van der Waals surface area contributed by atoms with E-state index >= 15 is 0 Å². The largest absolute Gasteiger partial charge is 0.481 e. The van der Waals surface area contributed by atoms with Gasteiger partial charge in [-0.2, -0.15) is 0 Å². The van der Waals surface area contributed by atoms with Crippen molar-refractivity contribution < 1.29 is 19.4 Å². The van der Waals surface area contributed by atoms with Gasteiger partial charge in [-0.05, 0) is 20.3 Å². The molecular weight excluding hydrogens is 306 g/mol. The number of carbonyl (C=O) groups is 2. The summed E-state index contributed by atoms with van der Waals surface area (Å²) in [6.07, 6.45) is 3.77. The van der Waals surface area contributed by atoms with Gasteiger partial charge in [-0.3, -0.25) is 14.6 Å². The molecule has 0 amide bonds. The number of nitrogens with zero attached hydrogens (tertiary/aromatic N) is 3. The molecule has 0 bridgehead atoms. The van der Waals surface area contributed by atoms with Crippen molar-refractivity contribution in [1.29, 1.82) is 0 Å². The van der Waals surface area contributed by atoms with E-state index in [1.165, 1.54) is 11.8 Å². The van der Waals surface area contributed by atoms with E-state index in [4.69, 9.17) is 4.74 Å². The van der Waals surface area contributed by atoms with Crippen LogP contribution in [0.15, 0.2) is 17.4 Å². The van der Waals surface area contributed by atoms with E-state index in [9.17, 15) is 14.7 Å². The minimum absolute atomic E-state index is 0.179. The van der Waals surface area contributed by atoms with E-state index in [0.29, 0.717) is 37.0 Å². The van der Waals surface area contributed by atoms with Gasteiger partial charge in [0.05, 0.1) is 30.2 Å². The van der Waals surface area contributed by atoms with Crippen LogP contribution < -0.4 is 4.90 Å². The smallest absolute Gasteiger partial charge is 0.316 e. The highest BCUT2D eigenvalue weighted by Crippen LogP contribution is 2.32. The van der Waals surface area contributed by atoms with Crippen LogP contribution in [0.25, 0.3) is 0 Å². The lowest BCUT2D eigenvalue weighted by Gasteiger charge is -2.20. The maximum absolute atomic E-state index is 11.4. The molecule has 8 heteroatoms. The van der Waals surface area contributed by atoms with Gasteiger partial charge in [0.1, 0.15) is 10.8 Å². The van der Waals surface area contributed by atoms with Crippen LogP contribution in [-0.4, -0.2) is 52.5 Å². The number of rotatable bonds is 6. The topological polar surface area (TPSA) is 92.6 Å². The number of anilines is 1. The average Bonchev–Trinajstić information content (AvgIpc) is 2.90. The lowest BCUT2D eigenvalue weighted by atomic mass is 9.90. The molecule has 1 aliphatic rings. The van der Waals surface area contributed by atoms with Crippen LogP contribution in [0.4, 0.5) is 5.82 Å². The SMILES string of the molecule is CCOC(=O)CSc1cncc(N2CCC(C)(C(=O)O)C2)n1. The summed E-state index contributed by atoms with van der Waals surface area (Å²) in [6, 6.07) is 0. The number of carboxylic acid groups (broad SMARTS) is 1. The summed E-state index contributed by atoms with van der Waals surface area (Å²) in [4.78, 5) is 33.1. The summed E-state index contributed by atoms with van der Waals surface area (Å²) in [6.45, 7) is 4.89. The van der Waals surface area contributed by atoms with Crippen molar-refractivity contribution in [3.63, 3.8) is 0 Å². The van der Waals surface area contributed by atoms with Gasteiger partial charge < -0.3 is 14.7 Å². The predicted octanol–water partition coefficient (Wildman–Crippen LogP) is 1.43. The fraction of sp³-hybridized carbons (Fsp3) is 0.571. The van der Waals surface area contributed by atoms with Gasteiger partial charge in [-0.25, -0.2) is 4.98 Å². The van der Waals surface area contributed by atoms with Crippen molar-refractivity contribution in [3.05, 3.63) is 12.4 Å². The summed E-state index contributed by atoms with van der Waals surface area (Å²) < 4.78 is 4.86. The van der Waals surface area contributed by atoms with Crippen LogP contribution in [0.2, 0.25) is 0 Å². The highest BCUT2D eigenvalue weighted by molar-refractivity contribution is 7.99.